The van der Waals surface area contributed by atoms with Gasteiger partial charge in [0.1, 0.15) is 22.3 Å². The third-order valence-electron chi connectivity index (χ3n) is 13.7. The van der Waals surface area contributed by atoms with Gasteiger partial charge in [-0.05, 0) is 118 Å². The van der Waals surface area contributed by atoms with Crippen LogP contribution in [0.2, 0.25) is 0 Å². The number of rotatable bonds is 2. The van der Waals surface area contributed by atoms with Gasteiger partial charge in [-0.25, -0.2) is 0 Å². The summed E-state index contributed by atoms with van der Waals surface area (Å²) in [6.07, 6.45) is 0. The van der Waals surface area contributed by atoms with Gasteiger partial charge in [0.25, 0.3) is 0 Å². The molecule has 0 saturated carbocycles. The Morgan fingerprint density at radius 2 is 0.717 bits per heavy atom. The van der Waals surface area contributed by atoms with Gasteiger partial charge in [-0.3, -0.25) is 0 Å². The second-order valence-electron chi connectivity index (χ2n) is 17.7. The van der Waals surface area contributed by atoms with Crippen LogP contribution in [0.3, 0.4) is 0 Å². The molecule has 2 aliphatic rings. The zero-order valence-corrected chi connectivity index (χ0v) is 33.9. The molecule has 0 aliphatic carbocycles. The molecule has 0 bridgehead atoms. The van der Waals surface area contributed by atoms with Crippen LogP contribution in [-0.4, -0.2) is 0 Å². The van der Waals surface area contributed by atoms with E-state index in [9.17, 15) is 0 Å². The summed E-state index contributed by atoms with van der Waals surface area (Å²) in [4.78, 5) is 4.83. The highest BCUT2D eigenvalue weighted by molar-refractivity contribution is 6.17. The molecule has 0 atom stereocenters. The van der Waals surface area contributed by atoms with Gasteiger partial charge < -0.3 is 18.6 Å². The van der Waals surface area contributed by atoms with Crippen LogP contribution in [0.4, 0.5) is 34.1 Å². The lowest BCUT2D eigenvalue weighted by atomic mass is 9.72. The van der Waals surface area contributed by atoms with Crippen molar-refractivity contribution in [1.82, 2.24) is 0 Å². The fourth-order valence-corrected chi connectivity index (χ4v) is 10.8. The lowest BCUT2D eigenvalue weighted by Gasteiger charge is -2.42. The van der Waals surface area contributed by atoms with Crippen molar-refractivity contribution in [2.75, 3.05) is 9.80 Å². The third kappa shape index (κ3) is 4.40. The molecule has 0 radical (unpaired) electrons. The van der Waals surface area contributed by atoms with Crippen LogP contribution in [0.25, 0.3) is 65.4 Å². The first-order chi connectivity index (χ1) is 29.3. The maximum absolute atomic E-state index is 7.14. The van der Waals surface area contributed by atoms with E-state index in [1.807, 2.05) is 0 Å². The Bertz CT molecular complexity index is 3370. The molecule has 11 aromatic rings. The molecular formula is C56H40N2O2. The van der Waals surface area contributed by atoms with E-state index in [-0.39, 0.29) is 10.8 Å². The van der Waals surface area contributed by atoms with Crippen LogP contribution < -0.4 is 9.80 Å². The van der Waals surface area contributed by atoms with E-state index in [1.54, 1.807) is 0 Å². The maximum atomic E-state index is 7.14. The average molecular weight is 773 g/mol. The molecule has 9 aromatic carbocycles. The SMILES string of the molecule is CC1(C)c2cc3ccccc3cc2N(c2ccccc2)c2ccc3c(oc4cc5c(cc43)oc3c4c(ccc35)N(c3ccccc3)c3cc5ccccc5cc3C4(C)C)c21. The molecule has 0 unspecified atom stereocenters. The van der Waals surface area contributed by atoms with Gasteiger partial charge in [-0.15, -0.1) is 0 Å². The number of furan rings is 2. The molecule has 60 heavy (non-hydrogen) atoms. The lowest BCUT2D eigenvalue weighted by molar-refractivity contribution is 0.601. The predicted molar refractivity (Wildman–Crippen MR) is 250 cm³/mol. The van der Waals surface area contributed by atoms with Crippen LogP contribution in [-0.2, 0) is 10.8 Å². The number of nitrogens with zero attached hydrogens (tertiary/aromatic N) is 2. The molecule has 286 valence electrons. The Morgan fingerprint density at radius 1 is 0.350 bits per heavy atom. The fraction of sp³-hybridized carbons (Fsp3) is 0.107. The van der Waals surface area contributed by atoms with E-state index in [1.165, 1.54) is 55.2 Å². The first kappa shape index (κ1) is 33.6. The van der Waals surface area contributed by atoms with Crippen LogP contribution in [0, 0.1) is 0 Å². The number of fused-ring (bicyclic) bond motifs is 14. The first-order valence-electron chi connectivity index (χ1n) is 20.9. The quantitative estimate of drug-likeness (QED) is 0.175. The summed E-state index contributed by atoms with van der Waals surface area (Å²) in [5.41, 5.74) is 14.7. The van der Waals surface area contributed by atoms with E-state index in [0.717, 1.165) is 66.6 Å². The molecular weight excluding hydrogens is 733 g/mol. The Hall–Kier alpha value is -7.30. The second kappa shape index (κ2) is 11.7. The third-order valence-corrected chi connectivity index (χ3v) is 13.7. The molecule has 0 amide bonds. The number of benzene rings is 9. The number of hydrogen-bond acceptors (Lipinski definition) is 4. The monoisotopic (exact) mass is 772 g/mol. The van der Waals surface area contributed by atoms with Crippen molar-refractivity contribution < 1.29 is 8.83 Å². The molecule has 13 rings (SSSR count). The summed E-state index contributed by atoms with van der Waals surface area (Å²) in [5, 5.41) is 9.23. The summed E-state index contributed by atoms with van der Waals surface area (Å²) in [5.74, 6) is 0. The summed E-state index contributed by atoms with van der Waals surface area (Å²) in [6, 6.07) is 61.7. The van der Waals surface area contributed by atoms with Crippen molar-refractivity contribution in [2.45, 2.75) is 38.5 Å². The van der Waals surface area contributed by atoms with Crippen molar-refractivity contribution in [3.8, 4) is 0 Å². The zero-order valence-electron chi connectivity index (χ0n) is 33.9. The van der Waals surface area contributed by atoms with Crippen molar-refractivity contribution in [3.63, 3.8) is 0 Å². The van der Waals surface area contributed by atoms with E-state index >= 15 is 0 Å². The molecule has 4 nitrogen and oxygen atoms in total. The normalized spacial score (nSPS) is 15.2. The van der Waals surface area contributed by atoms with Gasteiger partial charge in [0.15, 0.2) is 0 Å². The predicted octanol–water partition coefficient (Wildman–Crippen LogP) is 16.0. The van der Waals surface area contributed by atoms with Crippen LogP contribution in [0.15, 0.2) is 179 Å². The minimum absolute atomic E-state index is 0.351. The summed E-state index contributed by atoms with van der Waals surface area (Å²) in [6.45, 7) is 9.38. The van der Waals surface area contributed by atoms with Crippen LogP contribution >= 0.6 is 0 Å². The largest absolute Gasteiger partial charge is 0.456 e. The number of hydrogen-bond donors (Lipinski definition) is 0. The molecule has 4 heteroatoms. The Kier molecular flexibility index (Phi) is 6.55. The fourth-order valence-electron chi connectivity index (χ4n) is 10.8. The standard InChI is InChI=1S/C56H40N2O2/c1-55(2)43-27-33-15-11-13-17-35(33)29-47(43)57(37-19-7-5-8-20-37)45-25-23-39-41-31-50-42(32-49(41)59-53(39)51(45)55)40-24-26-46-52(54(40)60-50)56(3,4)44-28-34-16-12-14-18-36(34)30-48(44)58(46)38-21-9-6-10-22-38/h5-32H,1-4H3. The van der Waals surface area contributed by atoms with Gasteiger partial charge in [0.05, 0.1) is 22.7 Å². The average Bonchev–Trinajstić information content (AvgIpc) is 3.82. The highest BCUT2D eigenvalue weighted by Gasteiger charge is 2.42. The molecule has 2 aliphatic heterocycles. The second-order valence-corrected chi connectivity index (χ2v) is 17.7. The summed E-state index contributed by atoms with van der Waals surface area (Å²) in [7, 11) is 0. The van der Waals surface area contributed by atoms with Gasteiger partial charge in [0, 0.05) is 54.9 Å². The van der Waals surface area contributed by atoms with Crippen molar-refractivity contribution >= 4 is 99.5 Å². The maximum Gasteiger partial charge on any atom is 0.141 e. The minimum atomic E-state index is -0.351. The highest BCUT2D eigenvalue weighted by Crippen LogP contribution is 2.58. The summed E-state index contributed by atoms with van der Waals surface area (Å²) < 4.78 is 14.3. The van der Waals surface area contributed by atoms with Gasteiger partial charge in [0.2, 0.25) is 0 Å². The number of para-hydroxylation sites is 2. The Morgan fingerprint density at radius 3 is 1.12 bits per heavy atom. The molecule has 0 spiro atoms. The van der Waals surface area contributed by atoms with E-state index in [4.69, 9.17) is 8.83 Å². The van der Waals surface area contributed by atoms with Gasteiger partial charge in [-0.2, -0.15) is 0 Å². The molecule has 4 heterocycles. The molecule has 0 saturated heterocycles. The lowest BCUT2D eigenvalue weighted by Crippen LogP contribution is -2.30. The van der Waals surface area contributed by atoms with Crippen molar-refractivity contribution in [3.05, 3.63) is 192 Å². The van der Waals surface area contributed by atoms with Gasteiger partial charge >= 0.3 is 0 Å². The Labute approximate surface area is 347 Å². The summed E-state index contributed by atoms with van der Waals surface area (Å²) >= 11 is 0. The van der Waals surface area contributed by atoms with E-state index in [0.29, 0.717) is 0 Å². The van der Waals surface area contributed by atoms with Crippen molar-refractivity contribution in [1.29, 1.82) is 0 Å². The number of anilines is 6. The smallest absolute Gasteiger partial charge is 0.141 e. The Balaban J connectivity index is 1.05. The van der Waals surface area contributed by atoms with Crippen molar-refractivity contribution in [2.24, 2.45) is 0 Å². The topological polar surface area (TPSA) is 32.8 Å². The van der Waals surface area contributed by atoms with Gasteiger partial charge in [-0.1, -0.05) is 113 Å². The minimum Gasteiger partial charge on any atom is -0.456 e. The van der Waals surface area contributed by atoms with Crippen LogP contribution in [0.5, 0.6) is 0 Å². The highest BCUT2D eigenvalue weighted by atomic mass is 16.3. The molecule has 0 N–H and O–H groups in total. The first-order valence-corrected chi connectivity index (χ1v) is 20.9. The van der Waals surface area contributed by atoms with Crippen LogP contribution in [0.1, 0.15) is 49.9 Å². The zero-order chi connectivity index (χ0) is 40.1. The van der Waals surface area contributed by atoms with E-state index < -0.39 is 0 Å². The van der Waals surface area contributed by atoms with E-state index in [2.05, 4.69) is 207 Å². The molecule has 0 fully saturated rings. The molecule has 2 aromatic heterocycles.